The molecule has 1 aliphatic rings. The highest BCUT2D eigenvalue weighted by molar-refractivity contribution is 5.95. The first-order valence-electron chi connectivity index (χ1n) is 9.39. The van der Waals surface area contributed by atoms with Crippen molar-refractivity contribution in [2.75, 3.05) is 19.7 Å². The second kappa shape index (κ2) is 8.36. The minimum Gasteiger partial charge on any atom is -0.489 e. The average Bonchev–Trinajstić information content (AvgIpc) is 3.10. The first-order chi connectivity index (χ1) is 12.6. The van der Waals surface area contributed by atoms with Crippen LogP contribution in [0.3, 0.4) is 0 Å². The normalized spacial score (nSPS) is 17.5. The largest absolute Gasteiger partial charge is 0.489 e. The highest BCUT2D eigenvalue weighted by Gasteiger charge is 2.30. The van der Waals surface area contributed by atoms with Crippen molar-refractivity contribution in [2.45, 2.75) is 39.2 Å². The van der Waals surface area contributed by atoms with Gasteiger partial charge < -0.3 is 15.4 Å². The van der Waals surface area contributed by atoms with E-state index in [1.165, 1.54) is 0 Å². The van der Waals surface area contributed by atoms with Gasteiger partial charge in [-0.05, 0) is 37.3 Å². The van der Waals surface area contributed by atoms with E-state index >= 15 is 0 Å². The van der Waals surface area contributed by atoms with Gasteiger partial charge in [-0.1, -0.05) is 32.0 Å². The summed E-state index contributed by atoms with van der Waals surface area (Å²) in [5.74, 6) is 0.812. The predicted molar refractivity (Wildman–Crippen MR) is 102 cm³/mol. The molecule has 1 atom stereocenters. The summed E-state index contributed by atoms with van der Waals surface area (Å²) in [5.41, 5.74) is 7.16. The Kier molecular flexibility index (Phi) is 5.93. The van der Waals surface area contributed by atoms with Crippen LogP contribution in [0.2, 0.25) is 0 Å². The molecule has 6 nitrogen and oxygen atoms in total. The lowest BCUT2D eigenvalue weighted by Crippen LogP contribution is -2.47. The Morgan fingerprint density at radius 1 is 1.31 bits per heavy atom. The van der Waals surface area contributed by atoms with Gasteiger partial charge in [-0.2, -0.15) is 5.10 Å². The summed E-state index contributed by atoms with van der Waals surface area (Å²) < 4.78 is 7.63. The van der Waals surface area contributed by atoms with Crippen LogP contribution in [0.15, 0.2) is 36.5 Å². The van der Waals surface area contributed by atoms with E-state index in [1.54, 1.807) is 10.9 Å². The summed E-state index contributed by atoms with van der Waals surface area (Å²) in [6, 6.07) is 9.84. The maximum absolute atomic E-state index is 13.2. The second-order valence-corrected chi connectivity index (χ2v) is 7.21. The first-order valence-corrected chi connectivity index (χ1v) is 9.39. The molecule has 0 radical (unpaired) electrons. The summed E-state index contributed by atoms with van der Waals surface area (Å²) in [5, 5.41) is 4.56. The monoisotopic (exact) mass is 356 g/mol. The Morgan fingerprint density at radius 3 is 2.77 bits per heavy atom. The molecule has 140 valence electrons. The molecular weight excluding hydrogens is 328 g/mol. The third kappa shape index (κ3) is 4.07. The molecule has 1 fully saturated rings. The fourth-order valence-electron chi connectivity index (χ4n) is 3.23. The van der Waals surface area contributed by atoms with Gasteiger partial charge in [0.2, 0.25) is 0 Å². The minimum atomic E-state index is -0.0893. The lowest BCUT2D eigenvalue weighted by molar-refractivity contribution is 0.0612. The lowest BCUT2D eigenvalue weighted by Gasteiger charge is -2.34. The maximum atomic E-state index is 13.2. The van der Waals surface area contributed by atoms with E-state index < -0.39 is 0 Å². The summed E-state index contributed by atoms with van der Waals surface area (Å²) in [6.07, 6.45) is 4.86. The molecule has 1 aromatic heterocycles. The maximum Gasteiger partial charge on any atom is 0.278 e. The van der Waals surface area contributed by atoms with Crippen molar-refractivity contribution in [1.82, 2.24) is 14.7 Å². The van der Waals surface area contributed by atoms with Gasteiger partial charge in [0, 0.05) is 19.1 Å². The average molecular weight is 356 g/mol. The first kappa shape index (κ1) is 18.5. The van der Waals surface area contributed by atoms with Crippen molar-refractivity contribution in [1.29, 1.82) is 0 Å². The van der Waals surface area contributed by atoms with E-state index in [-0.39, 0.29) is 11.9 Å². The molecule has 3 rings (SSSR count). The number of rotatable bonds is 6. The van der Waals surface area contributed by atoms with Crippen LogP contribution in [-0.4, -0.2) is 46.3 Å². The number of hydrogen-bond acceptors (Lipinski definition) is 4. The van der Waals surface area contributed by atoms with Crippen molar-refractivity contribution in [3.05, 3.63) is 42.2 Å². The Hall–Kier alpha value is -2.34. The standard InChI is InChI=1S/C20H28N4O2/c1-15(2)14-26-18-13-24(16-8-4-3-5-9-16)22-19(18)20(25)23-11-7-6-10-17(23)12-21/h3-5,8-9,13,15,17H,6-7,10-12,14,21H2,1-2H3. The van der Waals surface area contributed by atoms with Gasteiger partial charge in [0.1, 0.15) is 0 Å². The fraction of sp³-hybridized carbons (Fsp3) is 0.500. The van der Waals surface area contributed by atoms with E-state index in [1.807, 2.05) is 35.2 Å². The number of ether oxygens (including phenoxy) is 1. The van der Waals surface area contributed by atoms with Gasteiger partial charge in [0.25, 0.3) is 5.91 Å². The van der Waals surface area contributed by atoms with Crippen LogP contribution in [0, 0.1) is 5.92 Å². The molecular formula is C20H28N4O2. The summed E-state index contributed by atoms with van der Waals surface area (Å²) in [6.45, 7) is 5.91. The van der Waals surface area contributed by atoms with E-state index in [0.717, 1.165) is 31.5 Å². The molecule has 2 heterocycles. The number of benzene rings is 1. The Morgan fingerprint density at radius 2 is 2.08 bits per heavy atom. The highest BCUT2D eigenvalue weighted by Crippen LogP contribution is 2.25. The number of amides is 1. The molecule has 1 unspecified atom stereocenters. The Bertz CT molecular complexity index is 727. The zero-order valence-corrected chi connectivity index (χ0v) is 15.6. The van der Waals surface area contributed by atoms with Crippen LogP contribution in [0.25, 0.3) is 5.69 Å². The quantitative estimate of drug-likeness (QED) is 0.864. The van der Waals surface area contributed by atoms with Crippen molar-refractivity contribution in [3.63, 3.8) is 0 Å². The molecule has 1 amide bonds. The number of carbonyl (C=O) groups is 1. The van der Waals surface area contributed by atoms with Crippen LogP contribution in [0.1, 0.15) is 43.6 Å². The fourth-order valence-corrected chi connectivity index (χ4v) is 3.23. The summed E-state index contributed by atoms with van der Waals surface area (Å²) in [7, 11) is 0. The molecule has 6 heteroatoms. The molecule has 1 aromatic carbocycles. The molecule has 2 aromatic rings. The number of nitrogens with two attached hydrogens (primary N) is 1. The number of para-hydroxylation sites is 1. The molecule has 2 N–H and O–H groups in total. The van der Waals surface area contributed by atoms with E-state index in [0.29, 0.717) is 30.5 Å². The second-order valence-electron chi connectivity index (χ2n) is 7.21. The van der Waals surface area contributed by atoms with Crippen LogP contribution in [0.4, 0.5) is 0 Å². The van der Waals surface area contributed by atoms with Crippen LogP contribution in [0.5, 0.6) is 5.75 Å². The van der Waals surface area contributed by atoms with E-state index in [4.69, 9.17) is 10.5 Å². The molecule has 0 spiro atoms. The number of nitrogens with zero attached hydrogens (tertiary/aromatic N) is 3. The molecule has 0 saturated carbocycles. The van der Waals surface area contributed by atoms with Crippen LogP contribution < -0.4 is 10.5 Å². The van der Waals surface area contributed by atoms with Gasteiger partial charge in [-0.15, -0.1) is 0 Å². The molecule has 1 aliphatic heterocycles. The Balaban J connectivity index is 1.92. The van der Waals surface area contributed by atoms with Gasteiger partial charge in [0.05, 0.1) is 18.5 Å². The topological polar surface area (TPSA) is 73.4 Å². The molecule has 1 saturated heterocycles. The van der Waals surface area contributed by atoms with Crippen molar-refractivity contribution in [3.8, 4) is 11.4 Å². The molecule has 0 bridgehead atoms. The van der Waals surface area contributed by atoms with Gasteiger partial charge in [0.15, 0.2) is 11.4 Å². The van der Waals surface area contributed by atoms with Gasteiger partial charge >= 0.3 is 0 Å². The number of likely N-dealkylation sites (tertiary alicyclic amines) is 1. The predicted octanol–water partition coefficient (Wildman–Crippen LogP) is 2.86. The third-order valence-electron chi connectivity index (χ3n) is 4.64. The van der Waals surface area contributed by atoms with E-state index in [9.17, 15) is 4.79 Å². The Labute approximate surface area is 154 Å². The molecule has 0 aliphatic carbocycles. The summed E-state index contributed by atoms with van der Waals surface area (Å²) >= 11 is 0. The molecule has 26 heavy (non-hydrogen) atoms. The number of piperidine rings is 1. The van der Waals surface area contributed by atoms with Crippen LogP contribution in [-0.2, 0) is 0 Å². The lowest BCUT2D eigenvalue weighted by atomic mass is 10.0. The highest BCUT2D eigenvalue weighted by atomic mass is 16.5. The van der Waals surface area contributed by atoms with Crippen molar-refractivity contribution in [2.24, 2.45) is 11.7 Å². The smallest absolute Gasteiger partial charge is 0.278 e. The number of carbonyl (C=O) groups excluding carboxylic acids is 1. The van der Waals surface area contributed by atoms with Gasteiger partial charge in [-0.25, -0.2) is 4.68 Å². The van der Waals surface area contributed by atoms with E-state index in [2.05, 4.69) is 18.9 Å². The number of hydrogen-bond donors (Lipinski definition) is 1. The zero-order valence-electron chi connectivity index (χ0n) is 15.6. The zero-order chi connectivity index (χ0) is 18.5. The SMILES string of the molecule is CC(C)COc1cn(-c2ccccc2)nc1C(=O)N1CCCCC1CN. The van der Waals surface area contributed by atoms with Crippen molar-refractivity contribution < 1.29 is 9.53 Å². The number of aromatic nitrogens is 2. The minimum absolute atomic E-state index is 0.0797. The van der Waals surface area contributed by atoms with Crippen LogP contribution >= 0.6 is 0 Å². The third-order valence-corrected chi connectivity index (χ3v) is 4.64. The summed E-state index contributed by atoms with van der Waals surface area (Å²) in [4.78, 5) is 15.1. The van der Waals surface area contributed by atoms with Gasteiger partial charge in [-0.3, -0.25) is 4.79 Å². The van der Waals surface area contributed by atoms with Crippen molar-refractivity contribution >= 4 is 5.91 Å².